The Morgan fingerprint density at radius 1 is 1.13 bits per heavy atom. The van der Waals surface area contributed by atoms with Gasteiger partial charge in [-0.1, -0.05) is 12.8 Å². The van der Waals surface area contributed by atoms with Gasteiger partial charge in [0.05, 0.1) is 25.4 Å². The molecule has 0 amide bonds. The standard InChI is InChI=1S/C20H22F3N3O4.ClH/c21-20(22,23)30-11-5-6-13(17(28)9-11)18-12-7-8-29-10-14(12)19(26-25-18)24-15-3-1-2-4-16(15)27;/h5-6,9,15-16,27-28H,1-4,7-8,10H2,(H,24,26);1H/t15-,16-;/m1./s1. The molecule has 4 rings (SSSR count). The Morgan fingerprint density at radius 2 is 1.90 bits per heavy atom. The number of anilines is 1. The highest BCUT2D eigenvalue weighted by atomic mass is 35.5. The van der Waals surface area contributed by atoms with Crippen LogP contribution >= 0.6 is 12.4 Å². The number of alkyl halides is 3. The van der Waals surface area contributed by atoms with Gasteiger partial charge in [0.25, 0.3) is 0 Å². The molecule has 1 fully saturated rings. The fraction of sp³-hybridized carbons (Fsp3) is 0.500. The van der Waals surface area contributed by atoms with Crippen LogP contribution in [0.5, 0.6) is 11.5 Å². The number of hydrogen-bond acceptors (Lipinski definition) is 7. The molecule has 0 saturated heterocycles. The molecule has 170 valence electrons. The zero-order valence-corrected chi connectivity index (χ0v) is 17.3. The Kier molecular flexibility index (Phi) is 7.13. The first-order valence-electron chi connectivity index (χ1n) is 9.82. The number of nitrogens with one attached hydrogen (secondary N) is 1. The molecule has 0 radical (unpaired) electrons. The average Bonchev–Trinajstić information content (AvgIpc) is 2.69. The predicted octanol–water partition coefficient (Wildman–Crippen LogP) is 3.96. The summed E-state index contributed by atoms with van der Waals surface area (Å²) in [7, 11) is 0. The number of aromatic hydroxyl groups is 1. The van der Waals surface area contributed by atoms with Crippen LogP contribution in [0.4, 0.5) is 19.0 Å². The van der Waals surface area contributed by atoms with Crippen LogP contribution in [0.2, 0.25) is 0 Å². The molecule has 1 saturated carbocycles. The molecule has 0 spiro atoms. The van der Waals surface area contributed by atoms with Gasteiger partial charge in [0.1, 0.15) is 17.2 Å². The van der Waals surface area contributed by atoms with Gasteiger partial charge in [0, 0.05) is 17.2 Å². The summed E-state index contributed by atoms with van der Waals surface area (Å²) in [6, 6.07) is 3.23. The molecular formula is C20H23ClF3N3O4. The van der Waals surface area contributed by atoms with E-state index in [1.54, 1.807) is 0 Å². The van der Waals surface area contributed by atoms with Crippen molar-refractivity contribution in [3.8, 4) is 22.8 Å². The van der Waals surface area contributed by atoms with Gasteiger partial charge in [-0.05, 0) is 37.0 Å². The van der Waals surface area contributed by atoms with Crippen molar-refractivity contribution in [2.75, 3.05) is 11.9 Å². The monoisotopic (exact) mass is 461 g/mol. The summed E-state index contributed by atoms with van der Waals surface area (Å²) in [5.41, 5.74) is 2.24. The lowest BCUT2D eigenvalue weighted by molar-refractivity contribution is -0.274. The van der Waals surface area contributed by atoms with Crippen LogP contribution in [0.15, 0.2) is 18.2 Å². The molecular weight excluding hydrogens is 439 g/mol. The minimum absolute atomic E-state index is 0. The quantitative estimate of drug-likeness (QED) is 0.634. The maximum Gasteiger partial charge on any atom is 0.573 e. The summed E-state index contributed by atoms with van der Waals surface area (Å²) in [4.78, 5) is 0. The van der Waals surface area contributed by atoms with Crippen molar-refractivity contribution in [2.24, 2.45) is 0 Å². The summed E-state index contributed by atoms with van der Waals surface area (Å²) in [6.45, 7) is 0.742. The number of benzene rings is 1. The Bertz CT molecular complexity index is 929. The average molecular weight is 462 g/mol. The number of fused-ring (bicyclic) bond motifs is 1. The van der Waals surface area contributed by atoms with E-state index in [2.05, 4.69) is 20.3 Å². The number of ether oxygens (including phenoxy) is 2. The first kappa shape index (κ1) is 23.4. The number of hydrogen-bond donors (Lipinski definition) is 3. The molecule has 31 heavy (non-hydrogen) atoms. The van der Waals surface area contributed by atoms with Gasteiger partial charge in [-0.2, -0.15) is 0 Å². The zero-order chi connectivity index (χ0) is 21.3. The van der Waals surface area contributed by atoms with Crippen molar-refractivity contribution in [3.63, 3.8) is 0 Å². The van der Waals surface area contributed by atoms with Crippen LogP contribution < -0.4 is 10.1 Å². The normalized spacial score (nSPS) is 21.0. The van der Waals surface area contributed by atoms with Gasteiger partial charge in [0.15, 0.2) is 5.82 Å². The molecule has 2 aromatic rings. The fourth-order valence-electron chi connectivity index (χ4n) is 3.98. The van der Waals surface area contributed by atoms with Crippen LogP contribution in [-0.4, -0.2) is 45.5 Å². The molecule has 1 aromatic heterocycles. The third kappa shape index (κ3) is 5.31. The van der Waals surface area contributed by atoms with E-state index >= 15 is 0 Å². The number of nitrogens with zero attached hydrogens (tertiary/aromatic N) is 2. The van der Waals surface area contributed by atoms with E-state index in [1.807, 2.05) is 0 Å². The summed E-state index contributed by atoms with van der Waals surface area (Å²) in [5.74, 6) is -0.377. The number of aromatic nitrogens is 2. The Balaban J connectivity index is 0.00000272. The topological polar surface area (TPSA) is 96.7 Å². The first-order chi connectivity index (χ1) is 14.3. The first-order valence-corrected chi connectivity index (χ1v) is 9.82. The molecule has 2 aliphatic rings. The second-order valence-corrected chi connectivity index (χ2v) is 7.49. The van der Waals surface area contributed by atoms with E-state index in [1.165, 1.54) is 6.07 Å². The van der Waals surface area contributed by atoms with Crippen molar-refractivity contribution in [1.82, 2.24) is 10.2 Å². The molecule has 2 atom stereocenters. The lowest BCUT2D eigenvalue weighted by atomic mass is 9.92. The van der Waals surface area contributed by atoms with Crippen LogP contribution in [0.3, 0.4) is 0 Å². The number of aliphatic hydroxyl groups is 1. The van der Waals surface area contributed by atoms with Gasteiger partial charge in [0.2, 0.25) is 0 Å². The molecule has 0 unspecified atom stereocenters. The van der Waals surface area contributed by atoms with Crippen molar-refractivity contribution < 1.29 is 32.9 Å². The van der Waals surface area contributed by atoms with Crippen molar-refractivity contribution in [3.05, 3.63) is 29.3 Å². The maximum absolute atomic E-state index is 12.4. The SMILES string of the molecule is Cl.Oc1cc(OC(F)(F)F)ccc1-c1nnc(N[C@@H]2CCCC[C@H]2O)c2c1CCOC2. The van der Waals surface area contributed by atoms with E-state index in [9.17, 15) is 23.4 Å². The van der Waals surface area contributed by atoms with E-state index in [-0.39, 0.29) is 29.8 Å². The molecule has 11 heteroatoms. The minimum Gasteiger partial charge on any atom is -0.507 e. The Hall–Kier alpha value is -2.30. The molecule has 1 aliphatic heterocycles. The second-order valence-electron chi connectivity index (χ2n) is 7.49. The number of phenols is 1. The largest absolute Gasteiger partial charge is 0.573 e. The smallest absolute Gasteiger partial charge is 0.507 e. The number of aliphatic hydroxyl groups excluding tert-OH is 1. The Morgan fingerprint density at radius 3 is 2.61 bits per heavy atom. The zero-order valence-electron chi connectivity index (χ0n) is 16.5. The van der Waals surface area contributed by atoms with Crippen molar-refractivity contribution >= 4 is 18.2 Å². The number of rotatable bonds is 4. The van der Waals surface area contributed by atoms with Gasteiger partial charge < -0.3 is 25.0 Å². The molecule has 7 nitrogen and oxygen atoms in total. The van der Waals surface area contributed by atoms with Crippen LogP contribution in [0, 0.1) is 0 Å². The third-order valence-electron chi connectivity index (χ3n) is 5.44. The van der Waals surface area contributed by atoms with E-state index in [0.29, 0.717) is 31.1 Å². The summed E-state index contributed by atoms with van der Waals surface area (Å²) in [6.07, 6.45) is -1.25. The molecule has 0 bridgehead atoms. The van der Waals surface area contributed by atoms with E-state index < -0.39 is 18.2 Å². The lowest BCUT2D eigenvalue weighted by Crippen LogP contribution is -2.37. The van der Waals surface area contributed by atoms with Crippen LogP contribution in [0.1, 0.15) is 36.8 Å². The number of phenolic OH excluding ortho intramolecular Hbond substituents is 1. The third-order valence-corrected chi connectivity index (χ3v) is 5.44. The van der Waals surface area contributed by atoms with Crippen molar-refractivity contribution in [1.29, 1.82) is 0 Å². The molecule has 2 heterocycles. The molecule has 1 aliphatic carbocycles. The van der Waals surface area contributed by atoms with Gasteiger partial charge in [-0.25, -0.2) is 0 Å². The lowest BCUT2D eigenvalue weighted by Gasteiger charge is -2.30. The van der Waals surface area contributed by atoms with Crippen molar-refractivity contribution in [2.45, 2.75) is 57.2 Å². The highest BCUT2D eigenvalue weighted by Gasteiger charge is 2.32. The summed E-state index contributed by atoms with van der Waals surface area (Å²) < 4.78 is 46.7. The summed E-state index contributed by atoms with van der Waals surface area (Å²) >= 11 is 0. The number of halogens is 4. The summed E-state index contributed by atoms with van der Waals surface area (Å²) in [5, 5.41) is 32.3. The minimum atomic E-state index is -4.85. The van der Waals surface area contributed by atoms with E-state index in [4.69, 9.17) is 4.74 Å². The Labute approximate surface area is 183 Å². The van der Waals surface area contributed by atoms with Gasteiger partial charge in [-0.3, -0.25) is 0 Å². The fourth-order valence-corrected chi connectivity index (χ4v) is 3.98. The highest BCUT2D eigenvalue weighted by Crippen LogP contribution is 2.38. The molecule has 3 N–H and O–H groups in total. The predicted molar refractivity (Wildman–Crippen MR) is 108 cm³/mol. The maximum atomic E-state index is 12.4. The second kappa shape index (κ2) is 9.46. The van der Waals surface area contributed by atoms with Gasteiger partial charge >= 0.3 is 6.36 Å². The van der Waals surface area contributed by atoms with E-state index in [0.717, 1.165) is 48.9 Å². The highest BCUT2D eigenvalue weighted by molar-refractivity contribution is 5.85. The van der Waals surface area contributed by atoms with Crippen LogP contribution in [0.25, 0.3) is 11.3 Å². The van der Waals surface area contributed by atoms with Crippen LogP contribution in [-0.2, 0) is 17.8 Å². The van der Waals surface area contributed by atoms with Gasteiger partial charge in [-0.15, -0.1) is 35.8 Å². The molecule has 1 aromatic carbocycles.